The molecule has 0 atom stereocenters. The molecule has 17 heavy (non-hydrogen) atoms. The van der Waals surface area contributed by atoms with Gasteiger partial charge in [-0.3, -0.25) is 0 Å². The Morgan fingerprint density at radius 1 is 1.29 bits per heavy atom. The Hall–Kier alpha value is -1.16. The maximum atomic E-state index is 4.47. The van der Waals surface area contributed by atoms with E-state index < -0.39 is 0 Å². The molecule has 2 aromatic rings. The molecule has 0 bridgehead atoms. The minimum atomic E-state index is 1.00. The van der Waals surface area contributed by atoms with E-state index in [0.29, 0.717) is 0 Å². The molecule has 0 aliphatic rings. The molecule has 2 rings (SSSR count). The lowest BCUT2D eigenvalue weighted by Gasteiger charge is -2.22. The molecule has 0 radical (unpaired) electrons. The molecular formula is C13H19N3S. The number of aryl methyl sites for hydroxylation is 1. The molecule has 0 aliphatic carbocycles. The van der Waals surface area contributed by atoms with E-state index in [-0.39, 0.29) is 0 Å². The van der Waals surface area contributed by atoms with Crippen LogP contribution in [0.2, 0.25) is 0 Å². The lowest BCUT2D eigenvalue weighted by atomic mass is 10.2. The van der Waals surface area contributed by atoms with Crippen molar-refractivity contribution in [2.45, 2.75) is 33.6 Å². The van der Waals surface area contributed by atoms with Crippen LogP contribution in [0.1, 0.15) is 31.6 Å². The van der Waals surface area contributed by atoms with Crippen molar-refractivity contribution in [3.63, 3.8) is 0 Å². The predicted molar refractivity (Wildman–Crippen MR) is 74.9 cm³/mol. The normalized spacial score (nSPS) is 11.0. The molecule has 3 nitrogen and oxygen atoms in total. The van der Waals surface area contributed by atoms with Gasteiger partial charge in [0, 0.05) is 18.0 Å². The molecule has 4 heteroatoms. The number of thiophene rings is 1. The fourth-order valence-electron chi connectivity index (χ4n) is 1.98. The third kappa shape index (κ3) is 2.57. The minimum Gasteiger partial charge on any atom is -0.356 e. The molecule has 0 N–H and O–H groups in total. The Morgan fingerprint density at radius 3 is 2.82 bits per heavy atom. The van der Waals surface area contributed by atoms with Crippen LogP contribution in [-0.4, -0.2) is 23.1 Å². The van der Waals surface area contributed by atoms with Gasteiger partial charge in [0.05, 0.1) is 5.39 Å². The lowest BCUT2D eigenvalue weighted by molar-refractivity contribution is 0.726. The second kappa shape index (κ2) is 5.45. The van der Waals surface area contributed by atoms with Gasteiger partial charge in [0.15, 0.2) is 0 Å². The van der Waals surface area contributed by atoms with E-state index in [1.54, 1.807) is 17.7 Å². The smallest absolute Gasteiger partial charge is 0.140 e. The Morgan fingerprint density at radius 2 is 2.12 bits per heavy atom. The van der Waals surface area contributed by atoms with Crippen molar-refractivity contribution >= 4 is 27.4 Å². The Balaban J connectivity index is 2.38. The Bertz CT molecular complexity index is 492. The number of rotatable bonds is 5. The molecule has 0 saturated carbocycles. The fourth-order valence-corrected chi connectivity index (χ4v) is 2.82. The number of anilines is 1. The van der Waals surface area contributed by atoms with Crippen LogP contribution in [0, 0.1) is 6.92 Å². The summed E-state index contributed by atoms with van der Waals surface area (Å²) >= 11 is 1.74. The van der Waals surface area contributed by atoms with Crippen LogP contribution in [0.3, 0.4) is 0 Å². The van der Waals surface area contributed by atoms with E-state index in [2.05, 4.69) is 41.7 Å². The first-order chi connectivity index (χ1) is 8.26. The number of hydrogen-bond donors (Lipinski definition) is 0. The van der Waals surface area contributed by atoms with E-state index in [9.17, 15) is 0 Å². The predicted octanol–water partition coefficient (Wildman–Crippen LogP) is 3.63. The van der Waals surface area contributed by atoms with E-state index in [1.807, 2.05) is 0 Å². The zero-order valence-corrected chi connectivity index (χ0v) is 11.5. The topological polar surface area (TPSA) is 29.0 Å². The van der Waals surface area contributed by atoms with Gasteiger partial charge >= 0.3 is 0 Å². The summed E-state index contributed by atoms with van der Waals surface area (Å²) in [7, 11) is 0. The highest BCUT2D eigenvalue weighted by molar-refractivity contribution is 7.18. The van der Waals surface area contributed by atoms with E-state index in [4.69, 9.17) is 0 Å². The highest BCUT2D eigenvalue weighted by Crippen LogP contribution is 2.29. The Kier molecular flexibility index (Phi) is 3.94. The van der Waals surface area contributed by atoms with E-state index >= 15 is 0 Å². The van der Waals surface area contributed by atoms with Crippen molar-refractivity contribution in [1.29, 1.82) is 0 Å². The molecule has 2 aromatic heterocycles. The van der Waals surface area contributed by atoms with Crippen molar-refractivity contribution in [3.05, 3.63) is 17.3 Å². The van der Waals surface area contributed by atoms with Gasteiger partial charge in [0.2, 0.25) is 0 Å². The molecule has 0 fully saturated rings. The summed E-state index contributed by atoms with van der Waals surface area (Å²) in [6, 6.07) is 2.20. The zero-order chi connectivity index (χ0) is 12.3. The van der Waals surface area contributed by atoms with Crippen LogP contribution in [-0.2, 0) is 0 Å². The molecule has 0 saturated heterocycles. The average molecular weight is 249 g/mol. The largest absolute Gasteiger partial charge is 0.356 e. The fraction of sp³-hybridized carbons (Fsp3) is 0.538. The highest BCUT2D eigenvalue weighted by Gasteiger charge is 2.12. The zero-order valence-electron chi connectivity index (χ0n) is 10.7. The first-order valence-corrected chi connectivity index (χ1v) is 7.04. The van der Waals surface area contributed by atoms with Crippen molar-refractivity contribution in [3.8, 4) is 0 Å². The molecule has 0 aliphatic heterocycles. The van der Waals surface area contributed by atoms with Crippen molar-refractivity contribution in [1.82, 2.24) is 9.97 Å². The molecule has 0 aromatic carbocycles. The number of nitrogens with zero attached hydrogens (tertiary/aromatic N) is 3. The van der Waals surface area contributed by atoms with E-state index in [1.165, 1.54) is 23.1 Å². The third-order valence-corrected chi connectivity index (χ3v) is 3.85. The van der Waals surface area contributed by atoms with Gasteiger partial charge in [-0.2, -0.15) is 0 Å². The van der Waals surface area contributed by atoms with Crippen LogP contribution >= 0.6 is 11.3 Å². The maximum absolute atomic E-state index is 4.47. The molecule has 92 valence electrons. The van der Waals surface area contributed by atoms with Crippen LogP contribution in [0.4, 0.5) is 5.82 Å². The summed E-state index contributed by atoms with van der Waals surface area (Å²) in [5.74, 6) is 1.09. The van der Waals surface area contributed by atoms with Gasteiger partial charge in [0.1, 0.15) is 17.0 Å². The van der Waals surface area contributed by atoms with Crippen LogP contribution < -0.4 is 4.90 Å². The quantitative estimate of drug-likeness (QED) is 0.810. The maximum Gasteiger partial charge on any atom is 0.140 e. The highest BCUT2D eigenvalue weighted by atomic mass is 32.1. The summed E-state index contributed by atoms with van der Waals surface area (Å²) in [6.07, 6.45) is 4.11. The van der Waals surface area contributed by atoms with Crippen LogP contribution in [0.15, 0.2) is 12.4 Å². The van der Waals surface area contributed by atoms with Gasteiger partial charge in [-0.1, -0.05) is 13.3 Å². The summed E-state index contributed by atoms with van der Waals surface area (Å²) in [6.45, 7) is 8.61. The molecule has 0 spiro atoms. The average Bonchev–Trinajstić information content (AvgIpc) is 2.71. The van der Waals surface area contributed by atoms with Crippen molar-refractivity contribution in [2.24, 2.45) is 0 Å². The van der Waals surface area contributed by atoms with Gasteiger partial charge in [-0.05, 0) is 26.3 Å². The van der Waals surface area contributed by atoms with Crippen molar-refractivity contribution < 1.29 is 0 Å². The number of aromatic nitrogens is 2. The number of fused-ring (bicyclic) bond motifs is 1. The van der Waals surface area contributed by atoms with Crippen LogP contribution in [0.5, 0.6) is 0 Å². The molecular weight excluding hydrogens is 230 g/mol. The summed E-state index contributed by atoms with van der Waals surface area (Å²) < 4.78 is 0. The number of unbranched alkanes of at least 4 members (excludes halogenated alkanes) is 1. The minimum absolute atomic E-state index is 1.00. The standard InChI is InChI=1S/C13H19N3S/c1-4-6-7-16(5-2)12-11-8-10(3)17-13(11)15-9-14-12/h8-9H,4-7H2,1-3H3. The first-order valence-electron chi connectivity index (χ1n) is 6.22. The second-order valence-electron chi connectivity index (χ2n) is 4.21. The monoisotopic (exact) mass is 249 g/mol. The van der Waals surface area contributed by atoms with Crippen molar-refractivity contribution in [2.75, 3.05) is 18.0 Å². The Labute approximate surface area is 107 Å². The lowest BCUT2D eigenvalue weighted by Crippen LogP contribution is -2.25. The molecule has 0 unspecified atom stereocenters. The SMILES string of the molecule is CCCCN(CC)c1ncnc2sc(C)cc12. The van der Waals surface area contributed by atoms with Gasteiger partial charge < -0.3 is 4.90 Å². The molecule has 2 heterocycles. The van der Waals surface area contributed by atoms with Gasteiger partial charge in [0.25, 0.3) is 0 Å². The van der Waals surface area contributed by atoms with Gasteiger partial charge in [-0.25, -0.2) is 9.97 Å². The number of hydrogen-bond acceptors (Lipinski definition) is 4. The van der Waals surface area contributed by atoms with E-state index in [0.717, 1.165) is 23.7 Å². The second-order valence-corrected chi connectivity index (χ2v) is 5.44. The van der Waals surface area contributed by atoms with Gasteiger partial charge in [-0.15, -0.1) is 11.3 Å². The molecule has 0 amide bonds. The summed E-state index contributed by atoms with van der Waals surface area (Å²) in [5, 5.41) is 1.20. The first kappa shape index (κ1) is 12.3. The summed E-state index contributed by atoms with van der Waals surface area (Å²) in [5.41, 5.74) is 0. The third-order valence-electron chi connectivity index (χ3n) is 2.89. The summed E-state index contributed by atoms with van der Waals surface area (Å²) in [4.78, 5) is 13.6. The van der Waals surface area contributed by atoms with Crippen LogP contribution in [0.25, 0.3) is 10.2 Å².